The van der Waals surface area contributed by atoms with E-state index >= 15 is 0 Å². The maximum Gasteiger partial charge on any atom is 0.00949 e. The largest absolute Gasteiger partial charge is 0.312 e. The molecule has 0 aromatic heterocycles. The van der Waals surface area contributed by atoms with E-state index in [1.54, 1.807) is 0 Å². The van der Waals surface area contributed by atoms with Crippen LogP contribution in [-0.4, -0.2) is 12.1 Å². The highest BCUT2D eigenvalue weighted by molar-refractivity contribution is 4.89. The van der Waals surface area contributed by atoms with E-state index in [4.69, 9.17) is 0 Å². The molecule has 1 aliphatic rings. The minimum absolute atomic E-state index is 0.574. The van der Waals surface area contributed by atoms with Gasteiger partial charge in [0.05, 0.1) is 0 Å². The number of hydrogen-bond acceptors (Lipinski definition) is 1. The van der Waals surface area contributed by atoms with E-state index in [9.17, 15) is 0 Å². The van der Waals surface area contributed by atoms with Gasteiger partial charge in [0.1, 0.15) is 0 Å². The highest BCUT2D eigenvalue weighted by atomic mass is 14.9. The molecule has 72 valence electrons. The first kappa shape index (κ1) is 10.0. The van der Waals surface area contributed by atoms with Crippen molar-refractivity contribution in [3.63, 3.8) is 0 Å². The second kappa shape index (κ2) is 3.78. The van der Waals surface area contributed by atoms with Crippen LogP contribution in [0.15, 0.2) is 0 Å². The van der Waals surface area contributed by atoms with Crippen LogP contribution in [0.4, 0.5) is 0 Å². The summed E-state index contributed by atoms with van der Waals surface area (Å²) in [5, 5.41) is 3.63. The Balaban J connectivity index is 2.44. The first-order valence-electron chi connectivity index (χ1n) is 5.31. The average Bonchev–Trinajstić information content (AvgIpc) is 2.36. The van der Waals surface area contributed by atoms with Crippen molar-refractivity contribution in [3.8, 4) is 0 Å². The Morgan fingerprint density at radius 1 is 1.08 bits per heavy atom. The molecule has 0 radical (unpaired) electrons. The molecule has 0 saturated heterocycles. The lowest BCUT2D eigenvalue weighted by molar-refractivity contribution is 0.225. The summed E-state index contributed by atoms with van der Waals surface area (Å²) < 4.78 is 0. The first-order valence-corrected chi connectivity index (χ1v) is 5.31. The Labute approximate surface area is 76.9 Å². The molecule has 0 heterocycles. The monoisotopic (exact) mass is 169 g/mol. The van der Waals surface area contributed by atoms with Gasteiger partial charge in [0, 0.05) is 12.1 Å². The minimum Gasteiger partial charge on any atom is -0.312 e. The summed E-state index contributed by atoms with van der Waals surface area (Å²) in [6.07, 6.45) is 5.68. The molecular weight excluding hydrogens is 146 g/mol. The maximum atomic E-state index is 3.63. The molecule has 0 spiro atoms. The van der Waals surface area contributed by atoms with Gasteiger partial charge in [0.2, 0.25) is 0 Å². The van der Waals surface area contributed by atoms with Crippen LogP contribution in [0.5, 0.6) is 0 Å². The number of nitrogens with one attached hydrogen (secondary N) is 1. The normalized spacial score (nSPS) is 24.8. The van der Waals surface area contributed by atoms with Crippen LogP contribution in [0.3, 0.4) is 0 Å². The zero-order chi connectivity index (χ0) is 9.19. The van der Waals surface area contributed by atoms with Gasteiger partial charge in [-0.3, -0.25) is 0 Å². The fraction of sp³-hybridized carbons (Fsp3) is 1.00. The third-order valence-corrected chi connectivity index (χ3v) is 3.37. The van der Waals surface area contributed by atoms with Crippen LogP contribution in [0.2, 0.25) is 0 Å². The molecule has 0 aromatic rings. The Kier molecular flexibility index (Phi) is 3.16. The van der Waals surface area contributed by atoms with E-state index in [-0.39, 0.29) is 0 Å². The SMILES string of the molecule is CC(C)NC(C)C1(C)CCCC1. The first-order chi connectivity index (χ1) is 5.54. The third-order valence-electron chi connectivity index (χ3n) is 3.37. The van der Waals surface area contributed by atoms with Crippen LogP contribution in [0.1, 0.15) is 53.4 Å². The molecule has 1 heteroatoms. The van der Waals surface area contributed by atoms with Crippen molar-refractivity contribution in [2.24, 2.45) is 5.41 Å². The molecule has 12 heavy (non-hydrogen) atoms. The van der Waals surface area contributed by atoms with Crippen molar-refractivity contribution in [1.29, 1.82) is 0 Å². The molecule has 1 saturated carbocycles. The van der Waals surface area contributed by atoms with Crippen LogP contribution >= 0.6 is 0 Å². The van der Waals surface area contributed by atoms with Crippen LogP contribution in [0.25, 0.3) is 0 Å². The van der Waals surface area contributed by atoms with Gasteiger partial charge in [-0.15, -0.1) is 0 Å². The molecule has 0 aromatic carbocycles. The molecule has 1 fully saturated rings. The van der Waals surface area contributed by atoms with E-state index in [1.165, 1.54) is 25.7 Å². The lowest BCUT2D eigenvalue weighted by Crippen LogP contribution is -2.43. The molecule has 1 aliphatic carbocycles. The third kappa shape index (κ3) is 2.22. The highest BCUT2D eigenvalue weighted by Gasteiger charge is 2.34. The molecule has 0 aliphatic heterocycles. The summed E-state index contributed by atoms with van der Waals surface area (Å²) in [6.45, 7) is 9.23. The molecule has 0 amide bonds. The molecule has 1 N–H and O–H groups in total. The summed E-state index contributed by atoms with van der Waals surface area (Å²) in [7, 11) is 0. The van der Waals surface area contributed by atoms with Gasteiger partial charge in [-0.05, 0) is 25.2 Å². The van der Waals surface area contributed by atoms with E-state index < -0.39 is 0 Å². The van der Waals surface area contributed by atoms with Crippen molar-refractivity contribution < 1.29 is 0 Å². The predicted octanol–water partition coefficient (Wildman–Crippen LogP) is 2.95. The topological polar surface area (TPSA) is 12.0 Å². The average molecular weight is 169 g/mol. The fourth-order valence-electron chi connectivity index (χ4n) is 2.32. The quantitative estimate of drug-likeness (QED) is 0.685. The summed E-state index contributed by atoms with van der Waals surface area (Å²) in [5.41, 5.74) is 0.574. The second-order valence-electron chi connectivity index (χ2n) is 4.90. The van der Waals surface area contributed by atoms with Gasteiger partial charge >= 0.3 is 0 Å². The van der Waals surface area contributed by atoms with Crippen LogP contribution < -0.4 is 5.32 Å². The number of rotatable bonds is 3. The van der Waals surface area contributed by atoms with Gasteiger partial charge < -0.3 is 5.32 Å². The van der Waals surface area contributed by atoms with Crippen molar-refractivity contribution in [1.82, 2.24) is 5.32 Å². The van der Waals surface area contributed by atoms with Gasteiger partial charge in [-0.2, -0.15) is 0 Å². The molecule has 1 atom stereocenters. The molecule has 1 rings (SSSR count). The minimum atomic E-state index is 0.574. The molecule has 1 nitrogen and oxygen atoms in total. The van der Waals surface area contributed by atoms with Gasteiger partial charge in [-0.1, -0.05) is 33.6 Å². The van der Waals surface area contributed by atoms with Crippen LogP contribution in [0, 0.1) is 5.41 Å². The molecule has 1 unspecified atom stereocenters. The Bertz CT molecular complexity index is 134. The van der Waals surface area contributed by atoms with E-state index in [0.29, 0.717) is 17.5 Å². The summed E-state index contributed by atoms with van der Waals surface area (Å²) in [5.74, 6) is 0. The van der Waals surface area contributed by atoms with Crippen molar-refractivity contribution in [2.45, 2.75) is 65.5 Å². The Morgan fingerprint density at radius 3 is 2.00 bits per heavy atom. The zero-order valence-corrected chi connectivity index (χ0v) is 8.98. The summed E-state index contributed by atoms with van der Waals surface area (Å²) in [6, 6.07) is 1.30. The van der Waals surface area contributed by atoms with E-state index in [1.807, 2.05) is 0 Å². The Morgan fingerprint density at radius 2 is 1.58 bits per heavy atom. The van der Waals surface area contributed by atoms with E-state index in [2.05, 4.69) is 33.0 Å². The van der Waals surface area contributed by atoms with E-state index in [0.717, 1.165) is 0 Å². The summed E-state index contributed by atoms with van der Waals surface area (Å²) >= 11 is 0. The predicted molar refractivity (Wildman–Crippen MR) is 54.3 cm³/mol. The maximum absolute atomic E-state index is 3.63. The summed E-state index contributed by atoms with van der Waals surface area (Å²) in [4.78, 5) is 0. The van der Waals surface area contributed by atoms with Crippen molar-refractivity contribution in [3.05, 3.63) is 0 Å². The lowest BCUT2D eigenvalue weighted by Gasteiger charge is -2.33. The van der Waals surface area contributed by atoms with Gasteiger partial charge in [0.25, 0.3) is 0 Å². The van der Waals surface area contributed by atoms with Crippen molar-refractivity contribution in [2.75, 3.05) is 0 Å². The smallest absolute Gasteiger partial charge is 0.00949 e. The fourth-order valence-corrected chi connectivity index (χ4v) is 2.32. The standard InChI is InChI=1S/C11H23N/c1-9(2)12-10(3)11(4)7-5-6-8-11/h9-10,12H,5-8H2,1-4H3. The van der Waals surface area contributed by atoms with Crippen LogP contribution in [-0.2, 0) is 0 Å². The molecule has 0 bridgehead atoms. The van der Waals surface area contributed by atoms with Gasteiger partial charge in [-0.25, -0.2) is 0 Å². The zero-order valence-electron chi connectivity index (χ0n) is 8.98. The Hall–Kier alpha value is -0.0400. The second-order valence-corrected chi connectivity index (χ2v) is 4.90. The lowest BCUT2D eigenvalue weighted by atomic mass is 9.81. The highest BCUT2D eigenvalue weighted by Crippen LogP contribution is 2.40. The number of hydrogen-bond donors (Lipinski definition) is 1. The van der Waals surface area contributed by atoms with Gasteiger partial charge in [0.15, 0.2) is 0 Å². The molecular formula is C11H23N. The van der Waals surface area contributed by atoms with Crippen molar-refractivity contribution >= 4 is 0 Å².